The van der Waals surface area contributed by atoms with Gasteiger partial charge in [0, 0.05) is 18.0 Å². The molecule has 3 nitrogen and oxygen atoms in total. The Morgan fingerprint density at radius 1 is 1.20 bits per heavy atom. The number of carbonyl (C=O) groups excluding carboxylic acids is 1. The summed E-state index contributed by atoms with van der Waals surface area (Å²) in [7, 11) is 0. The van der Waals surface area contributed by atoms with Crippen LogP contribution in [0, 0.1) is 17.3 Å². The van der Waals surface area contributed by atoms with Crippen LogP contribution in [0.5, 0.6) is 0 Å². The van der Waals surface area contributed by atoms with Crippen molar-refractivity contribution in [2.24, 2.45) is 23.0 Å². The molecule has 20 heavy (non-hydrogen) atoms. The predicted octanol–water partition coefficient (Wildman–Crippen LogP) is 3.23. The van der Waals surface area contributed by atoms with E-state index in [1.165, 1.54) is 38.5 Å². The van der Waals surface area contributed by atoms with Gasteiger partial charge in [0.15, 0.2) is 0 Å². The average Bonchev–Trinajstić information content (AvgIpc) is 2.40. The Morgan fingerprint density at radius 2 is 1.85 bits per heavy atom. The fraction of sp³-hybridized carbons (Fsp3) is 0.941. The van der Waals surface area contributed by atoms with E-state index in [-0.39, 0.29) is 11.5 Å². The van der Waals surface area contributed by atoms with Crippen molar-refractivity contribution in [3.63, 3.8) is 0 Å². The van der Waals surface area contributed by atoms with E-state index < -0.39 is 0 Å². The fourth-order valence-electron chi connectivity index (χ4n) is 4.14. The summed E-state index contributed by atoms with van der Waals surface area (Å²) in [6.07, 6.45) is 10.8. The standard InChI is InChI=1S/C17H32N2O/c1-13(2)11-17(9-6-10-17)16(20)19-15(12-18)14-7-4-3-5-8-14/h13-15H,3-12,18H2,1-2H3,(H,19,20). The van der Waals surface area contributed by atoms with E-state index >= 15 is 0 Å². The Morgan fingerprint density at radius 3 is 2.30 bits per heavy atom. The Balaban J connectivity index is 1.93. The maximum absolute atomic E-state index is 12.7. The highest BCUT2D eigenvalue weighted by Gasteiger charge is 2.45. The summed E-state index contributed by atoms with van der Waals surface area (Å²) in [6.45, 7) is 5.03. The van der Waals surface area contributed by atoms with Crippen LogP contribution in [0.1, 0.15) is 71.6 Å². The van der Waals surface area contributed by atoms with Crippen LogP contribution in [0.25, 0.3) is 0 Å². The number of hydrogen-bond donors (Lipinski definition) is 2. The van der Waals surface area contributed by atoms with Gasteiger partial charge < -0.3 is 11.1 Å². The van der Waals surface area contributed by atoms with Crippen LogP contribution < -0.4 is 11.1 Å². The molecule has 2 aliphatic carbocycles. The first-order valence-corrected chi connectivity index (χ1v) is 8.58. The minimum absolute atomic E-state index is 0.0732. The van der Waals surface area contributed by atoms with Crippen molar-refractivity contribution < 1.29 is 4.79 Å². The summed E-state index contributed by atoms with van der Waals surface area (Å²) in [5.74, 6) is 1.49. The van der Waals surface area contributed by atoms with E-state index in [0.717, 1.165) is 19.3 Å². The molecule has 2 aliphatic rings. The first kappa shape index (κ1) is 15.8. The van der Waals surface area contributed by atoms with Crippen LogP contribution in [0.15, 0.2) is 0 Å². The van der Waals surface area contributed by atoms with Gasteiger partial charge in [-0.1, -0.05) is 39.5 Å². The first-order valence-electron chi connectivity index (χ1n) is 8.58. The Kier molecular flexibility index (Phi) is 5.48. The van der Waals surface area contributed by atoms with E-state index in [4.69, 9.17) is 5.73 Å². The van der Waals surface area contributed by atoms with Crippen molar-refractivity contribution in [1.82, 2.24) is 5.32 Å². The molecule has 0 bridgehead atoms. The first-order chi connectivity index (χ1) is 9.57. The Labute approximate surface area is 124 Å². The molecular formula is C17H32N2O. The molecule has 2 rings (SSSR count). The maximum atomic E-state index is 12.7. The van der Waals surface area contributed by atoms with E-state index in [0.29, 0.717) is 24.3 Å². The number of hydrogen-bond acceptors (Lipinski definition) is 2. The third kappa shape index (κ3) is 3.55. The van der Waals surface area contributed by atoms with Gasteiger partial charge in [0.1, 0.15) is 0 Å². The van der Waals surface area contributed by atoms with Crippen LogP contribution in [0.4, 0.5) is 0 Å². The van der Waals surface area contributed by atoms with Crippen LogP contribution in [0.2, 0.25) is 0 Å². The monoisotopic (exact) mass is 280 g/mol. The van der Waals surface area contributed by atoms with E-state index in [9.17, 15) is 4.79 Å². The smallest absolute Gasteiger partial charge is 0.226 e. The molecule has 1 amide bonds. The fourth-order valence-corrected chi connectivity index (χ4v) is 4.14. The molecule has 0 spiro atoms. The zero-order valence-corrected chi connectivity index (χ0v) is 13.3. The second-order valence-corrected chi connectivity index (χ2v) is 7.45. The summed E-state index contributed by atoms with van der Waals surface area (Å²) in [5.41, 5.74) is 5.87. The summed E-state index contributed by atoms with van der Waals surface area (Å²) in [4.78, 5) is 12.7. The lowest BCUT2D eigenvalue weighted by molar-refractivity contribution is -0.138. The number of amides is 1. The predicted molar refractivity (Wildman–Crippen MR) is 83.3 cm³/mol. The van der Waals surface area contributed by atoms with Crippen LogP contribution in [-0.2, 0) is 4.79 Å². The van der Waals surface area contributed by atoms with Gasteiger partial charge in [0.25, 0.3) is 0 Å². The lowest BCUT2D eigenvalue weighted by Gasteiger charge is -2.43. The highest BCUT2D eigenvalue weighted by atomic mass is 16.2. The molecule has 2 fully saturated rings. The van der Waals surface area contributed by atoms with Gasteiger partial charge in [0.05, 0.1) is 0 Å². The minimum atomic E-state index is -0.0732. The van der Waals surface area contributed by atoms with Gasteiger partial charge in [-0.15, -0.1) is 0 Å². The Hall–Kier alpha value is -0.570. The summed E-state index contributed by atoms with van der Waals surface area (Å²) < 4.78 is 0. The largest absolute Gasteiger partial charge is 0.351 e. The molecule has 0 aromatic heterocycles. The molecule has 3 heteroatoms. The number of nitrogens with two attached hydrogens (primary N) is 1. The van der Waals surface area contributed by atoms with Gasteiger partial charge in [-0.3, -0.25) is 4.79 Å². The zero-order valence-electron chi connectivity index (χ0n) is 13.3. The second-order valence-electron chi connectivity index (χ2n) is 7.45. The third-order valence-corrected chi connectivity index (χ3v) is 5.38. The summed E-state index contributed by atoms with van der Waals surface area (Å²) in [5, 5.41) is 3.32. The van der Waals surface area contributed by atoms with Crippen molar-refractivity contribution in [3.8, 4) is 0 Å². The quantitative estimate of drug-likeness (QED) is 0.785. The van der Waals surface area contributed by atoms with Gasteiger partial charge in [0.2, 0.25) is 5.91 Å². The molecule has 1 unspecified atom stereocenters. The highest BCUT2D eigenvalue weighted by molar-refractivity contribution is 5.83. The van der Waals surface area contributed by atoms with Crippen molar-refractivity contribution in [3.05, 3.63) is 0 Å². The van der Waals surface area contributed by atoms with Crippen molar-refractivity contribution in [2.75, 3.05) is 6.54 Å². The SMILES string of the molecule is CC(C)CC1(C(=O)NC(CN)C2CCCCC2)CCC1. The molecular weight excluding hydrogens is 248 g/mol. The van der Waals surface area contributed by atoms with Crippen molar-refractivity contribution >= 4 is 5.91 Å². The average molecular weight is 280 g/mol. The van der Waals surface area contributed by atoms with Crippen molar-refractivity contribution in [2.45, 2.75) is 77.7 Å². The molecule has 2 saturated carbocycles. The summed E-state index contributed by atoms with van der Waals surface area (Å²) in [6, 6.07) is 0.201. The number of rotatable bonds is 6. The topological polar surface area (TPSA) is 55.1 Å². The Bertz CT molecular complexity index is 317. The normalized spacial score (nSPS) is 24.2. The molecule has 0 aromatic carbocycles. The molecule has 0 aromatic rings. The van der Waals surface area contributed by atoms with E-state index in [1.807, 2.05) is 0 Å². The van der Waals surface area contributed by atoms with Gasteiger partial charge in [-0.05, 0) is 43.9 Å². The molecule has 0 aliphatic heterocycles. The van der Waals surface area contributed by atoms with E-state index in [2.05, 4.69) is 19.2 Å². The molecule has 1 atom stereocenters. The van der Waals surface area contributed by atoms with E-state index in [1.54, 1.807) is 0 Å². The second kappa shape index (κ2) is 6.93. The third-order valence-electron chi connectivity index (χ3n) is 5.38. The molecule has 0 radical (unpaired) electrons. The highest BCUT2D eigenvalue weighted by Crippen LogP contribution is 2.46. The lowest BCUT2D eigenvalue weighted by Crippen LogP contribution is -2.53. The number of nitrogens with one attached hydrogen (secondary N) is 1. The van der Waals surface area contributed by atoms with Gasteiger partial charge in [-0.2, -0.15) is 0 Å². The van der Waals surface area contributed by atoms with Crippen LogP contribution in [-0.4, -0.2) is 18.5 Å². The van der Waals surface area contributed by atoms with Crippen LogP contribution in [0.3, 0.4) is 0 Å². The number of carbonyl (C=O) groups is 1. The molecule has 116 valence electrons. The van der Waals surface area contributed by atoms with Gasteiger partial charge >= 0.3 is 0 Å². The maximum Gasteiger partial charge on any atom is 0.226 e. The molecule has 0 heterocycles. The van der Waals surface area contributed by atoms with Crippen LogP contribution >= 0.6 is 0 Å². The zero-order chi connectivity index (χ0) is 14.6. The van der Waals surface area contributed by atoms with Crippen molar-refractivity contribution in [1.29, 1.82) is 0 Å². The summed E-state index contributed by atoms with van der Waals surface area (Å²) >= 11 is 0. The minimum Gasteiger partial charge on any atom is -0.351 e. The molecule has 3 N–H and O–H groups in total. The van der Waals surface area contributed by atoms with Gasteiger partial charge in [-0.25, -0.2) is 0 Å². The molecule has 0 saturated heterocycles. The lowest BCUT2D eigenvalue weighted by atomic mass is 9.63.